The number of rotatable bonds is 5. The van der Waals surface area contributed by atoms with Gasteiger partial charge in [0, 0.05) is 6.08 Å². The first-order valence-corrected chi connectivity index (χ1v) is 7.94. The number of esters is 1. The quantitative estimate of drug-likeness (QED) is 0.271. The monoisotopic (exact) mass is 328 g/mol. The highest BCUT2D eigenvalue weighted by atomic mass is 17.2. The molecule has 1 aliphatic carbocycles. The smallest absolute Gasteiger partial charge is 0.330 e. The van der Waals surface area contributed by atoms with Gasteiger partial charge in [-0.25, -0.2) is 4.79 Å². The maximum absolute atomic E-state index is 11.3. The van der Waals surface area contributed by atoms with Crippen molar-refractivity contribution in [3.05, 3.63) is 25.0 Å². The molecule has 5 nitrogen and oxygen atoms in total. The molecule has 1 aliphatic rings. The lowest BCUT2D eigenvalue weighted by Crippen LogP contribution is -2.35. The fraction of sp³-hybridized carbons (Fsp3) is 0.722. The molecule has 0 bridgehead atoms. The molecular formula is C18H32O5. The van der Waals surface area contributed by atoms with E-state index < -0.39 is 11.2 Å². The van der Waals surface area contributed by atoms with E-state index in [1.807, 2.05) is 41.5 Å². The van der Waals surface area contributed by atoms with Crippen LogP contribution in [0.2, 0.25) is 0 Å². The molecule has 134 valence electrons. The van der Waals surface area contributed by atoms with Crippen LogP contribution < -0.4 is 0 Å². The molecule has 0 radical (unpaired) electrons. The largest absolute Gasteiger partial charge is 0.457 e. The number of ether oxygens (including phenoxy) is 1. The Hall–Kier alpha value is -1.33. The maximum Gasteiger partial charge on any atom is 0.330 e. The van der Waals surface area contributed by atoms with Crippen LogP contribution in [0.25, 0.3) is 0 Å². The van der Waals surface area contributed by atoms with Gasteiger partial charge in [-0.15, -0.1) is 0 Å². The second-order valence-electron chi connectivity index (χ2n) is 7.68. The fourth-order valence-corrected chi connectivity index (χ4v) is 1.68. The van der Waals surface area contributed by atoms with Crippen LogP contribution in [0.3, 0.4) is 0 Å². The van der Waals surface area contributed by atoms with Crippen molar-refractivity contribution in [1.29, 1.82) is 0 Å². The predicted octanol–water partition coefficient (Wildman–Crippen LogP) is 4.07. The summed E-state index contributed by atoms with van der Waals surface area (Å²) in [5.41, 5.74) is -1.25. The molecule has 0 aromatic heterocycles. The first kappa shape index (κ1) is 21.7. The Kier molecular flexibility index (Phi) is 8.56. The minimum Gasteiger partial charge on any atom is -0.457 e. The third kappa shape index (κ3) is 12.9. The second-order valence-corrected chi connectivity index (χ2v) is 7.68. The van der Waals surface area contributed by atoms with Gasteiger partial charge in [0.15, 0.2) is 0 Å². The Morgan fingerprint density at radius 2 is 1.74 bits per heavy atom. The van der Waals surface area contributed by atoms with Gasteiger partial charge in [0.25, 0.3) is 0 Å². The standard InChI is InChI=1S/C12H20O3.C6H12O2/c1-11(2,3)15-10(13)6-4-7-12(14)8-5-9-12;1-5-7-8-6(2,3)4/h4,6,14H,5,7-9H2,1-3H3;5H,1H2,2-4H3. The SMILES string of the molecule is C=COOC(C)(C)C.CC(C)(C)OC(=O)C=CCC1(O)CCC1. The van der Waals surface area contributed by atoms with Crippen LogP contribution in [0.4, 0.5) is 0 Å². The van der Waals surface area contributed by atoms with Crippen LogP contribution in [-0.4, -0.2) is 27.9 Å². The second kappa shape index (κ2) is 9.08. The van der Waals surface area contributed by atoms with Gasteiger partial charge < -0.3 is 14.7 Å². The van der Waals surface area contributed by atoms with Gasteiger partial charge >= 0.3 is 5.97 Å². The molecule has 0 heterocycles. The summed E-state index contributed by atoms with van der Waals surface area (Å²) in [6.45, 7) is 14.5. The van der Waals surface area contributed by atoms with Crippen molar-refractivity contribution < 1.29 is 24.4 Å². The Labute approximate surface area is 140 Å². The highest BCUT2D eigenvalue weighted by Gasteiger charge is 2.32. The number of aliphatic hydroxyl groups is 1. The molecule has 23 heavy (non-hydrogen) atoms. The Balaban J connectivity index is 0.000000515. The molecule has 0 atom stereocenters. The normalized spacial score (nSPS) is 16.8. The summed E-state index contributed by atoms with van der Waals surface area (Å²) in [6, 6.07) is 0. The van der Waals surface area contributed by atoms with Gasteiger partial charge in [0.1, 0.15) is 17.5 Å². The summed E-state index contributed by atoms with van der Waals surface area (Å²) < 4.78 is 5.10. The predicted molar refractivity (Wildman–Crippen MR) is 90.5 cm³/mol. The van der Waals surface area contributed by atoms with E-state index in [2.05, 4.69) is 11.5 Å². The van der Waals surface area contributed by atoms with E-state index in [0.717, 1.165) is 19.3 Å². The zero-order valence-corrected chi connectivity index (χ0v) is 15.3. The van der Waals surface area contributed by atoms with E-state index in [0.29, 0.717) is 6.42 Å². The molecule has 1 saturated carbocycles. The molecule has 0 aliphatic heterocycles. The summed E-state index contributed by atoms with van der Waals surface area (Å²) in [7, 11) is 0. The number of carbonyl (C=O) groups is 1. The number of carbonyl (C=O) groups excluding carboxylic acids is 1. The van der Waals surface area contributed by atoms with Crippen LogP contribution in [0.5, 0.6) is 0 Å². The summed E-state index contributed by atoms with van der Waals surface area (Å²) in [4.78, 5) is 20.5. The van der Waals surface area contributed by atoms with Gasteiger partial charge in [0.2, 0.25) is 0 Å². The summed E-state index contributed by atoms with van der Waals surface area (Å²) in [5.74, 6) is -0.342. The van der Waals surface area contributed by atoms with Gasteiger partial charge in [-0.05, 0) is 67.2 Å². The van der Waals surface area contributed by atoms with E-state index in [-0.39, 0.29) is 11.6 Å². The highest BCUT2D eigenvalue weighted by Crippen LogP contribution is 2.34. The van der Waals surface area contributed by atoms with Gasteiger partial charge in [-0.2, -0.15) is 4.89 Å². The molecule has 1 rings (SSSR count). The molecule has 0 amide bonds. The van der Waals surface area contributed by atoms with Crippen LogP contribution in [-0.2, 0) is 19.3 Å². The van der Waals surface area contributed by atoms with Crippen molar-refractivity contribution in [2.24, 2.45) is 0 Å². The summed E-state index contributed by atoms with van der Waals surface area (Å²) >= 11 is 0. The molecular weight excluding hydrogens is 296 g/mol. The zero-order valence-electron chi connectivity index (χ0n) is 15.3. The van der Waals surface area contributed by atoms with Crippen molar-refractivity contribution in [2.45, 2.75) is 84.0 Å². The van der Waals surface area contributed by atoms with Crippen molar-refractivity contribution in [2.75, 3.05) is 0 Å². The van der Waals surface area contributed by atoms with Crippen LogP contribution in [0.15, 0.2) is 25.0 Å². The molecule has 1 fully saturated rings. The van der Waals surface area contributed by atoms with Crippen molar-refractivity contribution in [3.63, 3.8) is 0 Å². The minimum atomic E-state index is -0.557. The summed E-state index contributed by atoms with van der Waals surface area (Å²) in [5, 5.41) is 9.75. The molecule has 0 unspecified atom stereocenters. The Morgan fingerprint density at radius 1 is 1.17 bits per heavy atom. The first-order valence-electron chi connectivity index (χ1n) is 7.94. The topological polar surface area (TPSA) is 65.0 Å². The maximum atomic E-state index is 11.3. The van der Waals surface area contributed by atoms with Crippen molar-refractivity contribution in [1.82, 2.24) is 0 Å². The first-order chi connectivity index (χ1) is 10.4. The number of hydrogen-bond acceptors (Lipinski definition) is 5. The molecule has 0 spiro atoms. The van der Waals surface area contributed by atoms with Gasteiger partial charge in [0.05, 0.1) is 5.60 Å². The van der Waals surface area contributed by atoms with Crippen molar-refractivity contribution >= 4 is 5.97 Å². The molecule has 0 aromatic carbocycles. The van der Waals surface area contributed by atoms with E-state index in [1.54, 1.807) is 6.08 Å². The lowest BCUT2D eigenvalue weighted by molar-refractivity contribution is -0.310. The number of hydrogen-bond donors (Lipinski definition) is 1. The van der Waals surface area contributed by atoms with Crippen LogP contribution in [0.1, 0.15) is 67.2 Å². The Bertz CT molecular complexity index is 395. The average molecular weight is 328 g/mol. The van der Waals surface area contributed by atoms with Gasteiger partial charge in [-0.1, -0.05) is 12.7 Å². The average Bonchev–Trinajstić information content (AvgIpc) is 2.32. The van der Waals surface area contributed by atoms with E-state index in [9.17, 15) is 9.90 Å². The van der Waals surface area contributed by atoms with E-state index >= 15 is 0 Å². The fourth-order valence-electron chi connectivity index (χ4n) is 1.68. The molecule has 0 saturated heterocycles. The zero-order chi connectivity index (χ0) is 18.1. The lowest BCUT2D eigenvalue weighted by Gasteiger charge is -2.35. The Morgan fingerprint density at radius 3 is 2.04 bits per heavy atom. The third-order valence-electron chi connectivity index (χ3n) is 2.81. The van der Waals surface area contributed by atoms with Crippen LogP contribution >= 0.6 is 0 Å². The molecule has 0 aromatic rings. The third-order valence-corrected chi connectivity index (χ3v) is 2.81. The van der Waals surface area contributed by atoms with Crippen LogP contribution in [0, 0.1) is 0 Å². The van der Waals surface area contributed by atoms with E-state index in [1.165, 1.54) is 12.3 Å². The summed E-state index contributed by atoms with van der Waals surface area (Å²) in [6.07, 6.45) is 7.67. The minimum absolute atomic E-state index is 0.242. The highest BCUT2D eigenvalue weighted by molar-refractivity contribution is 5.82. The molecule has 1 N–H and O–H groups in total. The van der Waals surface area contributed by atoms with E-state index in [4.69, 9.17) is 9.62 Å². The van der Waals surface area contributed by atoms with Crippen molar-refractivity contribution in [3.8, 4) is 0 Å². The van der Waals surface area contributed by atoms with Gasteiger partial charge in [-0.3, -0.25) is 0 Å². The lowest BCUT2D eigenvalue weighted by atomic mass is 9.78. The molecule has 5 heteroatoms.